The molecule has 0 aliphatic carbocycles. The average Bonchev–Trinajstić information content (AvgIpc) is 3.09. The maximum Gasteiger partial charge on any atom is 0.251 e. The largest absolute Gasteiger partial charge is 0.365 e. The Kier molecular flexibility index (Phi) is 10.6. The lowest BCUT2D eigenvalue weighted by atomic mass is 10.1. The van der Waals surface area contributed by atoms with E-state index in [1.807, 2.05) is 16.8 Å². The first-order valence-electron chi connectivity index (χ1n) is 9.07. The van der Waals surface area contributed by atoms with Crippen LogP contribution in [-0.4, -0.2) is 41.9 Å². The third kappa shape index (κ3) is 10.5. The number of amides is 2. The SMILES string of the molecule is CC(C)CCNC(=O)[C@H](CCCN=C(N)N[N+](=O)[O-])NC(=O)Cc1ccsc1. The third-order valence-electron chi connectivity index (χ3n) is 3.76. The maximum absolute atomic E-state index is 12.5. The highest BCUT2D eigenvalue weighted by Crippen LogP contribution is 2.07. The molecule has 28 heavy (non-hydrogen) atoms. The summed E-state index contributed by atoms with van der Waals surface area (Å²) in [4.78, 5) is 38.8. The number of nitrogens with two attached hydrogens (primary N) is 1. The minimum Gasteiger partial charge on any atom is -0.365 e. The van der Waals surface area contributed by atoms with Crippen molar-refractivity contribution in [3.8, 4) is 0 Å². The van der Waals surface area contributed by atoms with Crippen LogP contribution in [0.1, 0.15) is 38.7 Å². The van der Waals surface area contributed by atoms with Crippen LogP contribution in [0, 0.1) is 16.0 Å². The van der Waals surface area contributed by atoms with Crippen molar-refractivity contribution in [2.24, 2.45) is 16.6 Å². The van der Waals surface area contributed by atoms with E-state index < -0.39 is 11.1 Å². The standard InChI is InChI=1S/C17H28N6O4S/c1-12(2)5-8-19-16(25)14(4-3-7-20-17(18)22-23(26)27)21-15(24)10-13-6-9-28-11-13/h6,9,11-12,14H,3-5,7-8,10H2,1-2H3,(H,19,25)(H,21,24)(H3,18,20,22)/t14-/m0/s1. The first-order chi connectivity index (χ1) is 13.3. The Hall–Kier alpha value is -2.69. The van der Waals surface area contributed by atoms with Crippen LogP contribution in [0.15, 0.2) is 21.8 Å². The first-order valence-corrected chi connectivity index (χ1v) is 10.0. The summed E-state index contributed by atoms with van der Waals surface area (Å²) in [7, 11) is 0. The highest BCUT2D eigenvalue weighted by Gasteiger charge is 2.20. The van der Waals surface area contributed by atoms with Crippen molar-refractivity contribution in [3.63, 3.8) is 0 Å². The van der Waals surface area contributed by atoms with Crippen LogP contribution in [0.2, 0.25) is 0 Å². The Morgan fingerprint density at radius 3 is 2.71 bits per heavy atom. The molecule has 0 aliphatic heterocycles. The van der Waals surface area contributed by atoms with Gasteiger partial charge in [0.15, 0.2) is 5.03 Å². The van der Waals surface area contributed by atoms with E-state index in [0.29, 0.717) is 25.3 Å². The van der Waals surface area contributed by atoms with Gasteiger partial charge in [0.2, 0.25) is 11.8 Å². The van der Waals surface area contributed by atoms with Gasteiger partial charge in [-0.1, -0.05) is 19.3 Å². The van der Waals surface area contributed by atoms with Crippen molar-refractivity contribution in [2.45, 2.75) is 45.6 Å². The van der Waals surface area contributed by atoms with Crippen molar-refractivity contribution in [1.82, 2.24) is 16.1 Å². The predicted molar refractivity (Wildman–Crippen MR) is 108 cm³/mol. The number of hydrazine groups is 1. The molecule has 1 atom stereocenters. The number of hydrogen-bond acceptors (Lipinski definition) is 6. The number of carbonyl (C=O) groups is 2. The van der Waals surface area contributed by atoms with Gasteiger partial charge in [-0.25, -0.2) is 15.1 Å². The van der Waals surface area contributed by atoms with E-state index >= 15 is 0 Å². The molecular formula is C17H28N6O4S. The quantitative estimate of drug-likeness (QED) is 0.131. The zero-order valence-corrected chi connectivity index (χ0v) is 17.0. The smallest absolute Gasteiger partial charge is 0.251 e. The summed E-state index contributed by atoms with van der Waals surface area (Å²) >= 11 is 1.50. The monoisotopic (exact) mass is 412 g/mol. The molecule has 11 heteroatoms. The topological polar surface area (TPSA) is 152 Å². The fourth-order valence-electron chi connectivity index (χ4n) is 2.32. The molecule has 0 aromatic carbocycles. The molecule has 0 saturated heterocycles. The van der Waals surface area contributed by atoms with Gasteiger partial charge in [-0.3, -0.25) is 9.59 Å². The highest BCUT2D eigenvalue weighted by atomic mass is 32.1. The van der Waals surface area contributed by atoms with Crippen LogP contribution in [0.3, 0.4) is 0 Å². The Bertz CT molecular complexity index is 663. The lowest BCUT2D eigenvalue weighted by Crippen LogP contribution is -2.47. The molecule has 1 heterocycles. The summed E-state index contributed by atoms with van der Waals surface area (Å²) in [6, 6.07) is 1.17. The second kappa shape index (κ2) is 12.7. The minimum absolute atomic E-state index is 0.197. The molecular weight excluding hydrogens is 384 g/mol. The normalized spacial score (nSPS) is 12.5. The Morgan fingerprint density at radius 1 is 1.36 bits per heavy atom. The molecule has 0 bridgehead atoms. The molecule has 2 amide bonds. The van der Waals surface area contributed by atoms with Crippen LogP contribution in [0.5, 0.6) is 0 Å². The zero-order chi connectivity index (χ0) is 20.9. The number of rotatable bonds is 12. The van der Waals surface area contributed by atoms with E-state index in [-0.39, 0.29) is 30.7 Å². The van der Waals surface area contributed by atoms with E-state index in [0.717, 1.165) is 12.0 Å². The highest BCUT2D eigenvalue weighted by molar-refractivity contribution is 7.08. The Labute approximate surface area is 168 Å². The fourth-order valence-corrected chi connectivity index (χ4v) is 2.99. The number of hydrogen-bond donors (Lipinski definition) is 4. The van der Waals surface area contributed by atoms with E-state index in [2.05, 4.69) is 29.5 Å². The summed E-state index contributed by atoms with van der Waals surface area (Å²) in [6.45, 7) is 4.86. The van der Waals surface area contributed by atoms with Gasteiger partial charge in [-0.05, 0) is 47.6 Å². The van der Waals surface area contributed by atoms with Gasteiger partial charge in [0.05, 0.1) is 6.42 Å². The molecule has 1 aromatic heterocycles. The van der Waals surface area contributed by atoms with E-state index in [1.165, 1.54) is 11.3 Å². The Morgan fingerprint density at radius 2 is 2.11 bits per heavy atom. The summed E-state index contributed by atoms with van der Waals surface area (Å²) in [5.41, 5.74) is 8.00. The number of nitrogens with zero attached hydrogens (tertiary/aromatic N) is 2. The Balaban J connectivity index is 2.56. The van der Waals surface area contributed by atoms with Gasteiger partial charge in [0, 0.05) is 13.1 Å². The molecule has 0 unspecified atom stereocenters. The van der Waals surface area contributed by atoms with Crippen molar-refractivity contribution in [1.29, 1.82) is 0 Å². The number of thiophene rings is 1. The van der Waals surface area contributed by atoms with Crippen molar-refractivity contribution >= 4 is 29.1 Å². The third-order valence-corrected chi connectivity index (χ3v) is 4.49. The van der Waals surface area contributed by atoms with Crippen LogP contribution in [-0.2, 0) is 16.0 Å². The maximum atomic E-state index is 12.5. The molecule has 0 spiro atoms. The summed E-state index contributed by atoms with van der Waals surface area (Å²) in [5, 5.41) is 18.9. The molecule has 1 aromatic rings. The van der Waals surface area contributed by atoms with E-state index in [1.54, 1.807) is 5.43 Å². The lowest BCUT2D eigenvalue weighted by molar-refractivity contribution is -0.525. The number of aliphatic imine (C=N–C) groups is 1. The molecule has 1 rings (SSSR count). The van der Waals surface area contributed by atoms with Crippen molar-refractivity contribution < 1.29 is 14.6 Å². The van der Waals surface area contributed by atoms with Crippen LogP contribution < -0.4 is 21.8 Å². The molecule has 10 nitrogen and oxygen atoms in total. The fraction of sp³-hybridized carbons (Fsp3) is 0.588. The predicted octanol–water partition coefficient (Wildman–Crippen LogP) is 0.814. The number of guanidine groups is 1. The second-order valence-corrected chi connectivity index (χ2v) is 7.46. The van der Waals surface area contributed by atoms with Crippen LogP contribution in [0.4, 0.5) is 0 Å². The van der Waals surface area contributed by atoms with Gasteiger partial charge in [0.1, 0.15) is 6.04 Å². The zero-order valence-electron chi connectivity index (χ0n) is 16.1. The second-order valence-electron chi connectivity index (χ2n) is 6.68. The summed E-state index contributed by atoms with van der Waals surface area (Å²) in [6.07, 6.45) is 1.82. The summed E-state index contributed by atoms with van der Waals surface area (Å²) in [5.74, 6) is -0.331. The molecule has 156 valence electrons. The lowest BCUT2D eigenvalue weighted by Gasteiger charge is -2.18. The van der Waals surface area contributed by atoms with E-state index in [9.17, 15) is 19.7 Å². The molecule has 5 N–H and O–H groups in total. The van der Waals surface area contributed by atoms with Crippen molar-refractivity contribution in [2.75, 3.05) is 13.1 Å². The van der Waals surface area contributed by atoms with Gasteiger partial charge >= 0.3 is 0 Å². The average molecular weight is 413 g/mol. The first kappa shape index (κ1) is 23.3. The molecule has 0 radical (unpaired) electrons. The molecule has 0 aliphatic rings. The van der Waals surface area contributed by atoms with Crippen molar-refractivity contribution in [3.05, 3.63) is 32.5 Å². The van der Waals surface area contributed by atoms with Crippen LogP contribution >= 0.6 is 11.3 Å². The van der Waals surface area contributed by atoms with Crippen LogP contribution in [0.25, 0.3) is 0 Å². The van der Waals surface area contributed by atoms with Gasteiger partial charge in [-0.15, -0.1) is 0 Å². The van der Waals surface area contributed by atoms with Gasteiger partial charge < -0.3 is 16.4 Å². The molecule has 0 saturated carbocycles. The number of nitrogens with one attached hydrogen (secondary N) is 3. The summed E-state index contributed by atoms with van der Waals surface area (Å²) < 4.78 is 0. The number of carbonyl (C=O) groups excluding carboxylic acids is 2. The molecule has 0 fully saturated rings. The number of nitro groups is 1. The van der Waals surface area contributed by atoms with Gasteiger partial charge in [0.25, 0.3) is 5.96 Å². The minimum atomic E-state index is -0.797. The van der Waals surface area contributed by atoms with E-state index in [4.69, 9.17) is 5.73 Å². The van der Waals surface area contributed by atoms with Gasteiger partial charge in [-0.2, -0.15) is 11.3 Å².